The molecule has 0 amide bonds. The van der Waals surface area contributed by atoms with E-state index in [9.17, 15) is 9.30 Å². The number of nitrogens with two attached hydrogens (primary N) is 1. The lowest BCUT2D eigenvalue weighted by Crippen LogP contribution is -2.31. The van der Waals surface area contributed by atoms with Crippen molar-refractivity contribution in [2.75, 3.05) is 43.4 Å². The molecule has 0 fully saturated rings. The fourth-order valence-corrected chi connectivity index (χ4v) is 1.91. The Hall–Kier alpha value is -2.26. The SMILES string of the molecule is CNCC(CNc1ccc(N(C=N)CCN)c(F)c1)ON=O. The summed E-state index contributed by atoms with van der Waals surface area (Å²) in [6, 6.07) is 4.55. The minimum Gasteiger partial charge on any atom is -0.381 e. The van der Waals surface area contributed by atoms with Crippen LogP contribution in [0.3, 0.4) is 0 Å². The lowest BCUT2D eigenvalue weighted by atomic mass is 10.2. The summed E-state index contributed by atoms with van der Waals surface area (Å²) < 4.78 is 14.1. The van der Waals surface area contributed by atoms with Gasteiger partial charge in [0, 0.05) is 25.3 Å². The van der Waals surface area contributed by atoms with Crippen molar-refractivity contribution in [3.05, 3.63) is 28.9 Å². The van der Waals surface area contributed by atoms with Crippen LogP contribution in [0.2, 0.25) is 0 Å². The van der Waals surface area contributed by atoms with Gasteiger partial charge in [-0.25, -0.2) is 4.39 Å². The van der Waals surface area contributed by atoms with Gasteiger partial charge in [-0.2, -0.15) is 0 Å². The van der Waals surface area contributed by atoms with E-state index in [0.717, 1.165) is 6.34 Å². The molecule has 1 unspecified atom stereocenters. The Balaban J connectivity index is 2.71. The number of halogens is 1. The van der Waals surface area contributed by atoms with Crippen molar-refractivity contribution in [2.24, 2.45) is 11.1 Å². The van der Waals surface area contributed by atoms with Crippen molar-refractivity contribution < 1.29 is 9.23 Å². The van der Waals surface area contributed by atoms with Crippen molar-refractivity contribution in [3.63, 3.8) is 0 Å². The first-order valence-electron chi connectivity index (χ1n) is 6.80. The molecule has 0 aromatic heterocycles. The number of anilines is 2. The van der Waals surface area contributed by atoms with E-state index in [4.69, 9.17) is 11.1 Å². The molecule has 9 heteroatoms. The first kappa shape index (κ1) is 17.8. The zero-order valence-electron chi connectivity index (χ0n) is 12.4. The Morgan fingerprint density at radius 3 is 2.86 bits per heavy atom. The quantitative estimate of drug-likeness (QED) is 0.209. The highest BCUT2D eigenvalue weighted by atomic mass is 19.1. The van der Waals surface area contributed by atoms with Crippen LogP contribution in [0.5, 0.6) is 0 Å². The van der Waals surface area contributed by atoms with E-state index < -0.39 is 11.9 Å². The second kappa shape index (κ2) is 9.64. The molecule has 0 heterocycles. The fraction of sp³-hybridized carbons (Fsp3) is 0.462. The largest absolute Gasteiger partial charge is 0.381 e. The van der Waals surface area contributed by atoms with Crippen LogP contribution < -0.4 is 21.3 Å². The Morgan fingerprint density at radius 2 is 2.32 bits per heavy atom. The smallest absolute Gasteiger partial charge is 0.160 e. The summed E-state index contributed by atoms with van der Waals surface area (Å²) in [5, 5.41) is 15.5. The van der Waals surface area contributed by atoms with Gasteiger partial charge in [0.15, 0.2) is 11.4 Å². The number of nitrogens with zero attached hydrogens (tertiary/aromatic N) is 2. The molecule has 0 saturated carbocycles. The van der Waals surface area contributed by atoms with Crippen LogP contribution in [0.15, 0.2) is 23.5 Å². The Kier molecular flexibility index (Phi) is 7.79. The van der Waals surface area contributed by atoms with E-state index in [1.165, 1.54) is 11.0 Å². The molecule has 0 spiro atoms. The molecule has 1 rings (SSSR count). The number of nitrogens with one attached hydrogen (secondary N) is 3. The lowest BCUT2D eigenvalue weighted by molar-refractivity contribution is 0.0655. The van der Waals surface area contributed by atoms with E-state index in [1.54, 1.807) is 19.2 Å². The van der Waals surface area contributed by atoms with Crippen LogP contribution in [0.25, 0.3) is 0 Å². The van der Waals surface area contributed by atoms with Gasteiger partial charge in [0.25, 0.3) is 0 Å². The van der Waals surface area contributed by atoms with Gasteiger partial charge >= 0.3 is 0 Å². The fourth-order valence-electron chi connectivity index (χ4n) is 1.91. The summed E-state index contributed by atoms with van der Waals surface area (Å²) in [6.45, 7) is 1.40. The highest BCUT2D eigenvalue weighted by Gasteiger charge is 2.12. The highest BCUT2D eigenvalue weighted by Crippen LogP contribution is 2.22. The molecule has 1 aromatic rings. The second-order valence-electron chi connectivity index (χ2n) is 4.52. The van der Waals surface area contributed by atoms with Gasteiger partial charge in [-0.3, -0.25) is 5.41 Å². The maximum absolute atomic E-state index is 14.1. The van der Waals surface area contributed by atoms with Crippen LogP contribution in [0.1, 0.15) is 0 Å². The summed E-state index contributed by atoms with van der Waals surface area (Å²) in [5.41, 5.74) is 6.24. The van der Waals surface area contributed by atoms with Crippen molar-refractivity contribution in [1.82, 2.24) is 5.32 Å². The second-order valence-corrected chi connectivity index (χ2v) is 4.52. The van der Waals surface area contributed by atoms with Crippen LogP contribution in [-0.4, -0.2) is 45.7 Å². The van der Waals surface area contributed by atoms with Gasteiger partial charge in [-0.15, -0.1) is 4.91 Å². The predicted octanol–water partition coefficient (Wildman–Crippen LogP) is 0.896. The molecular formula is C13H21FN6O2. The van der Waals surface area contributed by atoms with E-state index in [0.29, 0.717) is 31.9 Å². The van der Waals surface area contributed by atoms with Gasteiger partial charge < -0.3 is 26.1 Å². The van der Waals surface area contributed by atoms with E-state index in [2.05, 4.69) is 20.8 Å². The number of hydrogen-bond donors (Lipinski definition) is 4. The van der Waals surface area contributed by atoms with Crippen LogP contribution in [0.4, 0.5) is 15.8 Å². The number of hydrogen-bond acceptors (Lipinski definition) is 7. The summed E-state index contributed by atoms with van der Waals surface area (Å²) in [6.07, 6.45) is 0.575. The van der Waals surface area contributed by atoms with E-state index >= 15 is 0 Å². The zero-order chi connectivity index (χ0) is 16.4. The lowest BCUT2D eigenvalue weighted by Gasteiger charge is -2.20. The zero-order valence-corrected chi connectivity index (χ0v) is 12.4. The predicted molar refractivity (Wildman–Crippen MR) is 84.7 cm³/mol. The van der Waals surface area contributed by atoms with E-state index in [1.807, 2.05) is 0 Å². The third-order valence-corrected chi connectivity index (χ3v) is 2.94. The van der Waals surface area contributed by atoms with Gasteiger partial charge in [-0.1, -0.05) is 0 Å². The average Bonchev–Trinajstić information content (AvgIpc) is 2.51. The molecule has 0 aliphatic rings. The summed E-state index contributed by atoms with van der Waals surface area (Å²) >= 11 is 0. The molecule has 0 aliphatic carbocycles. The van der Waals surface area contributed by atoms with Gasteiger partial charge in [0.05, 0.1) is 18.6 Å². The molecule has 0 radical (unpaired) electrons. The standard InChI is InChI=1S/C13H21FN6O2/c1-17-7-11(22-19-21)8-18-10-2-3-13(12(14)6-10)20(9-16)5-4-15/h2-3,6,9,11,16-18H,4-5,7-8,15H2,1H3. The molecule has 22 heavy (non-hydrogen) atoms. The molecule has 5 N–H and O–H groups in total. The van der Waals surface area contributed by atoms with Crippen molar-refractivity contribution in [2.45, 2.75) is 6.10 Å². The number of rotatable bonds is 11. The highest BCUT2D eigenvalue weighted by molar-refractivity contribution is 5.78. The number of benzene rings is 1. The summed E-state index contributed by atoms with van der Waals surface area (Å²) in [4.78, 5) is 16.2. The molecule has 1 atom stereocenters. The molecule has 0 bridgehead atoms. The van der Waals surface area contributed by atoms with E-state index in [-0.39, 0.29) is 5.69 Å². The van der Waals surface area contributed by atoms with Crippen molar-refractivity contribution >= 4 is 17.7 Å². The van der Waals surface area contributed by atoms with Gasteiger partial charge in [-0.05, 0) is 25.2 Å². The van der Waals surface area contributed by atoms with Crippen molar-refractivity contribution in [1.29, 1.82) is 5.41 Å². The third kappa shape index (κ3) is 5.26. The Labute approximate surface area is 128 Å². The summed E-state index contributed by atoms with van der Waals surface area (Å²) in [5.74, 6) is -0.471. The maximum atomic E-state index is 14.1. The van der Waals surface area contributed by atoms with Gasteiger partial charge in [0.2, 0.25) is 0 Å². The molecule has 8 nitrogen and oxygen atoms in total. The first-order chi connectivity index (χ1) is 10.7. The normalized spacial score (nSPS) is 11.6. The Morgan fingerprint density at radius 1 is 1.55 bits per heavy atom. The minimum absolute atomic E-state index is 0.281. The van der Waals surface area contributed by atoms with Crippen LogP contribution in [0, 0.1) is 16.1 Å². The van der Waals surface area contributed by atoms with Gasteiger partial charge in [0.1, 0.15) is 5.82 Å². The summed E-state index contributed by atoms with van der Waals surface area (Å²) in [7, 11) is 1.72. The minimum atomic E-state index is -0.471. The van der Waals surface area contributed by atoms with Crippen LogP contribution in [-0.2, 0) is 4.84 Å². The van der Waals surface area contributed by atoms with Crippen molar-refractivity contribution in [3.8, 4) is 0 Å². The maximum Gasteiger partial charge on any atom is 0.160 e. The molecular weight excluding hydrogens is 291 g/mol. The molecule has 122 valence electrons. The third-order valence-electron chi connectivity index (χ3n) is 2.94. The average molecular weight is 312 g/mol. The monoisotopic (exact) mass is 312 g/mol. The molecule has 1 aromatic carbocycles. The van der Waals surface area contributed by atoms with Crippen LogP contribution >= 0.6 is 0 Å². The first-order valence-corrected chi connectivity index (χ1v) is 6.80. The molecule has 0 aliphatic heterocycles. The Bertz CT molecular complexity index is 488. The topological polar surface area (TPSA) is 116 Å². The molecule has 0 saturated heterocycles. The number of likely N-dealkylation sites (N-methyl/N-ethyl adjacent to an activating group) is 1.